The lowest BCUT2D eigenvalue weighted by molar-refractivity contribution is -0.686. The Morgan fingerprint density at radius 2 is 1.61 bits per heavy atom. The molecule has 122 valence electrons. The van der Waals surface area contributed by atoms with Crippen molar-refractivity contribution in [2.45, 2.75) is 45.6 Å². The van der Waals surface area contributed by atoms with E-state index in [9.17, 15) is 0 Å². The Labute approximate surface area is 141 Å². The van der Waals surface area contributed by atoms with E-state index in [1.165, 1.54) is 36.8 Å². The Hall–Kier alpha value is -1.86. The zero-order valence-corrected chi connectivity index (χ0v) is 14.5. The summed E-state index contributed by atoms with van der Waals surface area (Å²) in [6.45, 7) is 5.64. The molecule has 0 bridgehead atoms. The first-order valence-corrected chi connectivity index (χ1v) is 8.92. The van der Waals surface area contributed by atoms with Gasteiger partial charge in [-0.2, -0.15) is 0 Å². The van der Waals surface area contributed by atoms with Crippen LogP contribution in [-0.4, -0.2) is 6.54 Å². The van der Waals surface area contributed by atoms with Crippen LogP contribution < -0.4 is 5.32 Å². The van der Waals surface area contributed by atoms with Crippen LogP contribution in [-0.2, 0) is 0 Å². The normalized spacial score (nSPS) is 13.0. The molecule has 2 aromatic rings. The third kappa shape index (κ3) is 6.42. The van der Waals surface area contributed by atoms with Gasteiger partial charge in [0, 0.05) is 5.56 Å². The number of hydrogen-bond donors (Lipinski definition) is 1. The summed E-state index contributed by atoms with van der Waals surface area (Å²) in [5.74, 6) is 0. The van der Waals surface area contributed by atoms with Crippen LogP contribution in [0.15, 0.2) is 66.2 Å². The van der Waals surface area contributed by atoms with E-state index in [0.717, 1.165) is 6.54 Å². The lowest BCUT2D eigenvalue weighted by atomic mass is 10.0. The van der Waals surface area contributed by atoms with Crippen LogP contribution in [0.1, 0.15) is 56.7 Å². The minimum atomic E-state index is 0.501. The number of benzene rings is 2. The minimum absolute atomic E-state index is 0.501. The largest absolute Gasteiger partial charge is 0.337 e. The second-order valence-electron chi connectivity index (χ2n) is 6.31. The quantitative estimate of drug-likeness (QED) is 0.630. The molecule has 23 heavy (non-hydrogen) atoms. The number of nitrogens with two attached hydrogens (primary N) is 1. The zero-order chi connectivity index (χ0) is 16.3. The van der Waals surface area contributed by atoms with Gasteiger partial charge in [0.1, 0.15) is 6.04 Å². The summed E-state index contributed by atoms with van der Waals surface area (Å²) in [7, 11) is 0. The monoisotopic (exact) mass is 308 g/mol. The maximum Gasteiger partial charge on any atom is 0.109 e. The third-order valence-corrected chi connectivity index (χ3v) is 4.33. The summed E-state index contributed by atoms with van der Waals surface area (Å²) >= 11 is 0. The van der Waals surface area contributed by atoms with Gasteiger partial charge < -0.3 is 5.32 Å². The first kappa shape index (κ1) is 17.5. The van der Waals surface area contributed by atoms with Crippen molar-refractivity contribution >= 4 is 6.08 Å². The van der Waals surface area contributed by atoms with Crippen LogP contribution >= 0.6 is 0 Å². The predicted molar refractivity (Wildman–Crippen MR) is 100 cm³/mol. The molecule has 2 aromatic carbocycles. The molecule has 0 fully saturated rings. The number of hydrogen-bond acceptors (Lipinski definition) is 0. The zero-order valence-electron chi connectivity index (χ0n) is 14.5. The van der Waals surface area contributed by atoms with Gasteiger partial charge in [-0.15, -0.1) is 0 Å². The third-order valence-electron chi connectivity index (χ3n) is 4.33. The van der Waals surface area contributed by atoms with E-state index in [-0.39, 0.29) is 0 Å². The van der Waals surface area contributed by atoms with Crippen molar-refractivity contribution in [1.29, 1.82) is 0 Å². The van der Waals surface area contributed by atoms with E-state index in [0.29, 0.717) is 6.04 Å². The minimum Gasteiger partial charge on any atom is -0.337 e. The molecule has 0 aliphatic carbocycles. The second kappa shape index (κ2) is 10.0. The van der Waals surface area contributed by atoms with Gasteiger partial charge >= 0.3 is 0 Å². The van der Waals surface area contributed by atoms with Crippen LogP contribution in [0.25, 0.3) is 6.08 Å². The van der Waals surface area contributed by atoms with Crippen LogP contribution in [0, 0.1) is 0 Å². The molecular formula is C22H30N+. The van der Waals surface area contributed by atoms with Gasteiger partial charge in [0.05, 0.1) is 6.54 Å². The summed E-state index contributed by atoms with van der Waals surface area (Å²) in [5.41, 5.74) is 4.27. The molecule has 0 spiro atoms. The molecule has 2 N–H and O–H groups in total. The molecule has 1 nitrogen and oxygen atoms in total. The van der Waals surface area contributed by atoms with Crippen LogP contribution in [0.4, 0.5) is 0 Å². The highest BCUT2D eigenvalue weighted by Gasteiger charge is 2.09. The molecule has 1 atom stereocenters. The van der Waals surface area contributed by atoms with E-state index in [1.807, 2.05) is 0 Å². The summed E-state index contributed by atoms with van der Waals surface area (Å²) in [6, 6.07) is 22.0. The Morgan fingerprint density at radius 1 is 0.957 bits per heavy atom. The first-order chi connectivity index (χ1) is 11.3. The van der Waals surface area contributed by atoms with Crippen molar-refractivity contribution < 1.29 is 5.32 Å². The molecule has 0 saturated carbocycles. The van der Waals surface area contributed by atoms with Crippen LogP contribution in [0.5, 0.6) is 0 Å². The van der Waals surface area contributed by atoms with Crippen LogP contribution in [0.3, 0.4) is 0 Å². The van der Waals surface area contributed by atoms with Crippen LogP contribution in [0.2, 0.25) is 0 Å². The van der Waals surface area contributed by atoms with E-state index in [4.69, 9.17) is 0 Å². The molecule has 1 heteroatoms. The van der Waals surface area contributed by atoms with Crippen molar-refractivity contribution in [3.05, 3.63) is 77.4 Å². The molecule has 0 heterocycles. The van der Waals surface area contributed by atoms with Gasteiger partial charge in [-0.3, -0.25) is 0 Å². The fraction of sp³-hybridized carbons (Fsp3) is 0.364. The van der Waals surface area contributed by atoms with E-state index in [1.54, 1.807) is 5.57 Å². The van der Waals surface area contributed by atoms with Crippen molar-refractivity contribution in [3.8, 4) is 0 Å². The van der Waals surface area contributed by atoms with Gasteiger partial charge in [-0.05, 0) is 30.9 Å². The Bertz CT molecular complexity index is 571. The maximum absolute atomic E-state index is 2.45. The molecule has 2 rings (SSSR count). The van der Waals surface area contributed by atoms with Gasteiger partial charge in [0.2, 0.25) is 0 Å². The standard InChI is InChI=1S/C22H29N/c1-3-4-7-14-21(17-20-12-8-5-9-13-20)18-23-19(2)22-15-10-6-11-16-22/h5-6,8-13,15-17,19,23H,3-4,7,14,18H2,1-2H3/p+1/b21-17-/t19-/m1/s1. The van der Waals surface area contributed by atoms with Crippen molar-refractivity contribution in [1.82, 2.24) is 0 Å². The Morgan fingerprint density at radius 3 is 2.26 bits per heavy atom. The maximum atomic E-state index is 2.45. The SMILES string of the molecule is CCCCC/C(=C/c1ccccc1)C[NH2+][C@H](C)c1ccccc1. The molecule has 0 unspecified atom stereocenters. The molecule has 0 aliphatic heterocycles. The van der Waals surface area contributed by atoms with E-state index < -0.39 is 0 Å². The molecule has 0 saturated heterocycles. The predicted octanol–water partition coefficient (Wildman–Crippen LogP) is 4.97. The molecule has 0 amide bonds. The molecule has 0 aromatic heterocycles. The number of quaternary nitrogens is 1. The van der Waals surface area contributed by atoms with Gasteiger partial charge in [0.25, 0.3) is 0 Å². The summed E-state index contributed by atoms with van der Waals surface area (Å²) in [6.07, 6.45) is 7.48. The lowest BCUT2D eigenvalue weighted by Gasteiger charge is -2.13. The van der Waals surface area contributed by atoms with Gasteiger partial charge in [-0.25, -0.2) is 0 Å². The average Bonchev–Trinajstić information content (AvgIpc) is 2.61. The summed E-state index contributed by atoms with van der Waals surface area (Å²) < 4.78 is 0. The summed E-state index contributed by atoms with van der Waals surface area (Å²) in [4.78, 5) is 0. The second-order valence-corrected chi connectivity index (χ2v) is 6.31. The topological polar surface area (TPSA) is 16.6 Å². The van der Waals surface area contributed by atoms with Gasteiger partial charge in [0.15, 0.2) is 0 Å². The Balaban J connectivity index is 1.98. The molecule has 0 aliphatic rings. The van der Waals surface area contributed by atoms with Crippen molar-refractivity contribution in [3.63, 3.8) is 0 Å². The smallest absolute Gasteiger partial charge is 0.109 e. The van der Waals surface area contributed by atoms with Gasteiger partial charge in [-0.1, -0.05) is 86.5 Å². The fourth-order valence-electron chi connectivity index (χ4n) is 2.84. The van der Waals surface area contributed by atoms with Crippen molar-refractivity contribution in [2.24, 2.45) is 0 Å². The summed E-state index contributed by atoms with van der Waals surface area (Å²) in [5, 5.41) is 2.45. The first-order valence-electron chi connectivity index (χ1n) is 8.92. The molecular weight excluding hydrogens is 278 g/mol. The molecule has 0 radical (unpaired) electrons. The highest BCUT2D eigenvalue weighted by molar-refractivity contribution is 5.52. The highest BCUT2D eigenvalue weighted by atomic mass is 14.9. The van der Waals surface area contributed by atoms with E-state index >= 15 is 0 Å². The number of unbranched alkanes of at least 4 members (excludes halogenated alkanes) is 2. The van der Waals surface area contributed by atoms with E-state index in [2.05, 4.69) is 85.9 Å². The lowest BCUT2D eigenvalue weighted by Crippen LogP contribution is -2.85. The number of rotatable bonds is 9. The highest BCUT2D eigenvalue weighted by Crippen LogP contribution is 2.13. The Kier molecular flexibility index (Phi) is 7.62. The average molecular weight is 308 g/mol. The van der Waals surface area contributed by atoms with Crippen molar-refractivity contribution in [2.75, 3.05) is 6.54 Å². The fourth-order valence-corrected chi connectivity index (χ4v) is 2.84.